The van der Waals surface area contributed by atoms with Gasteiger partial charge in [-0.2, -0.15) is 0 Å². The number of rotatable bonds is 3. The molecular weight excluding hydrogens is 403 g/mol. The number of phenolic OH excluding ortho intramolecular Hbond substituents is 1. The number of phenols is 1. The van der Waals surface area contributed by atoms with Gasteiger partial charge in [0.15, 0.2) is 0 Å². The summed E-state index contributed by atoms with van der Waals surface area (Å²) in [6.45, 7) is 3.25. The number of aromatic hydroxyl groups is 1. The van der Waals surface area contributed by atoms with Crippen LogP contribution in [-0.4, -0.2) is 46.0 Å². The lowest BCUT2D eigenvalue weighted by molar-refractivity contribution is 0.0735. The number of benzene rings is 3. The second-order valence-electron chi connectivity index (χ2n) is 9.24. The van der Waals surface area contributed by atoms with E-state index < -0.39 is 0 Å². The Bertz CT molecular complexity index is 1130. The SMILES string of the molecule is O=C(c1cc2ccccc2cc1O)N1CCC[C@@]2(CCCN2Cc2ccc(F)cc2)CC1. The maximum Gasteiger partial charge on any atom is 0.257 e. The number of hydrogen-bond donors (Lipinski definition) is 1. The quantitative estimate of drug-likeness (QED) is 0.607. The summed E-state index contributed by atoms with van der Waals surface area (Å²) in [6, 6.07) is 18.1. The van der Waals surface area contributed by atoms with Crippen molar-refractivity contribution in [2.75, 3.05) is 19.6 Å². The van der Waals surface area contributed by atoms with E-state index >= 15 is 0 Å². The molecule has 2 heterocycles. The van der Waals surface area contributed by atoms with Crippen molar-refractivity contribution < 1.29 is 14.3 Å². The summed E-state index contributed by atoms with van der Waals surface area (Å²) >= 11 is 0. The van der Waals surface area contributed by atoms with Gasteiger partial charge in [0.05, 0.1) is 5.56 Å². The second-order valence-corrected chi connectivity index (χ2v) is 9.24. The predicted molar refractivity (Wildman–Crippen MR) is 124 cm³/mol. The van der Waals surface area contributed by atoms with Gasteiger partial charge in [-0.05, 0) is 79.3 Å². The summed E-state index contributed by atoms with van der Waals surface area (Å²) in [5.74, 6) is -0.245. The van der Waals surface area contributed by atoms with Crippen molar-refractivity contribution in [1.82, 2.24) is 9.80 Å². The highest BCUT2D eigenvalue weighted by atomic mass is 19.1. The maximum absolute atomic E-state index is 13.3. The van der Waals surface area contributed by atoms with Crippen LogP contribution in [0.25, 0.3) is 10.8 Å². The fraction of sp³-hybridized carbons (Fsp3) is 0.370. The Labute approximate surface area is 188 Å². The van der Waals surface area contributed by atoms with Crippen LogP contribution in [0.5, 0.6) is 5.75 Å². The first-order valence-corrected chi connectivity index (χ1v) is 11.5. The first-order chi connectivity index (χ1) is 15.5. The molecule has 0 aromatic heterocycles. The lowest BCUT2D eigenvalue weighted by atomic mass is 9.87. The van der Waals surface area contributed by atoms with Crippen LogP contribution < -0.4 is 0 Å². The summed E-state index contributed by atoms with van der Waals surface area (Å²) in [4.78, 5) is 17.8. The van der Waals surface area contributed by atoms with E-state index in [1.165, 1.54) is 12.1 Å². The Balaban J connectivity index is 1.33. The van der Waals surface area contributed by atoms with Crippen LogP contribution in [-0.2, 0) is 6.54 Å². The van der Waals surface area contributed by atoms with E-state index in [9.17, 15) is 14.3 Å². The minimum Gasteiger partial charge on any atom is -0.507 e. The molecule has 0 saturated carbocycles. The molecule has 1 N–H and O–H groups in total. The molecule has 2 saturated heterocycles. The highest BCUT2D eigenvalue weighted by Gasteiger charge is 2.42. The number of carbonyl (C=O) groups excluding carboxylic acids is 1. The molecule has 0 unspecified atom stereocenters. The Morgan fingerprint density at radius 3 is 2.34 bits per heavy atom. The highest BCUT2D eigenvalue weighted by Crippen LogP contribution is 2.40. The zero-order valence-corrected chi connectivity index (χ0v) is 18.3. The van der Waals surface area contributed by atoms with Gasteiger partial charge < -0.3 is 10.0 Å². The number of hydrogen-bond acceptors (Lipinski definition) is 3. The molecule has 0 aliphatic carbocycles. The molecule has 5 heteroatoms. The number of likely N-dealkylation sites (tertiary alicyclic amines) is 2. The molecule has 1 atom stereocenters. The molecule has 2 fully saturated rings. The lowest BCUT2D eigenvalue weighted by Gasteiger charge is -2.38. The molecule has 4 nitrogen and oxygen atoms in total. The smallest absolute Gasteiger partial charge is 0.257 e. The number of nitrogens with zero attached hydrogens (tertiary/aromatic N) is 2. The monoisotopic (exact) mass is 432 g/mol. The summed E-state index contributed by atoms with van der Waals surface area (Å²) < 4.78 is 13.3. The molecule has 3 aromatic carbocycles. The van der Waals surface area contributed by atoms with Gasteiger partial charge in [0.1, 0.15) is 11.6 Å². The van der Waals surface area contributed by atoms with Crippen LogP contribution in [0.4, 0.5) is 4.39 Å². The standard InChI is InChI=1S/C27H29FN2O2/c28-23-9-7-20(8-10-23)19-30-15-4-12-27(30)11-3-14-29(16-13-27)26(32)24-17-21-5-1-2-6-22(21)18-25(24)31/h1-2,5-10,17-18,31H,3-4,11-16,19H2/t27-/m1/s1. The lowest BCUT2D eigenvalue weighted by Crippen LogP contribution is -2.44. The Morgan fingerprint density at radius 1 is 0.906 bits per heavy atom. The first-order valence-electron chi connectivity index (χ1n) is 11.5. The van der Waals surface area contributed by atoms with Crippen molar-refractivity contribution in [1.29, 1.82) is 0 Å². The van der Waals surface area contributed by atoms with Crippen LogP contribution in [0.3, 0.4) is 0 Å². The number of amides is 1. The number of fused-ring (bicyclic) bond motifs is 1. The Hall–Kier alpha value is -2.92. The third-order valence-electron chi connectivity index (χ3n) is 7.33. The van der Waals surface area contributed by atoms with E-state index in [-0.39, 0.29) is 23.0 Å². The van der Waals surface area contributed by atoms with Crippen LogP contribution in [0.1, 0.15) is 48.0 Å². The zero-order valence-electron chi connectivity index (χ0n) is 18.3. The molecule has 2 aliphatic rings. The van der Waals surface area contributed by atoms with Gasteiger partial charge in [-0.15, -0.1) is 0 Å². The molecule has 32 heavy (non-hydrogen) atoms. The molecular formula is C27H29FN2O2. The molecule has 1 amide bonds. The summed E-state index contributed by atoms with van der Waals surface area (Å²) in [7, 11) is 0. The van der Waals surface area contributed by atoms with Gasteiger partial charge in [-0.25, -0.2) is 4.39 Å². The molecule has 0 radical (unpaired) electrons. The minimum absolute atomic E-state index is 0.0477. The van der Waals surface area contributed by atoms with E-state index in [0.717, 1.165) is 61.5 Å². The van der Waals surface area contributed by atoms with Crippen LogP contribution in [0.15, 0.2) is 60.7 Å². The number of halogens is 1. The Morgan fingerprint density at radius 2 is 1.59 bits per heavy atom. The molecule has 3 aromatic rings. The van der Waals surface area contributed by atoms with Crippen molar-refractivity contribution in [3.63, 3.8) is 0 Å². The van der Waals surface area contributed by atoms with Crippen LogP contribution in [0.2, 0.25) is 0 Å². The predicted octanol–water partition coefficient (Wildman–Crippen LogP) is 5.35. The molecule has 0 bridgehead atoms. The van der Waals surface area contributed by atoms with Crippen LogP contribution >= 0.6 is 0 Å². The average molecular weight is 433 g/mol. The van der Waals surface area contributed by atoms with Gasteiger partial charge in [0.25, 0.3) is 5.91 Å². The van der Waals surface area contributed by atoms with E-state index in [0.29, 0.717) is 18.7 Å². The summed E-state index contributed by atoms with van der Waals surface area (Å²) in [6.07, 6.45) is 5.22. The maximum atomic E-state index is 13.3. The van der Waals surface area contributed by atoms with Gasteiger partial charge >= 0.3 is 0 Å². The first kappa shape index (κ1) is 21.0. The fourth-order valence-electron chi connectivity index (χ4n) is 5.57. The Kier molecular flexibility index (Phi) is 5.60. The fourth-order valence-corrected chi connectivity index (χ4v) is 5.57. The van der Waals surface area contributed by atoms with Crippen molar-refractivity contribution in [2.45, 2.75) is 44.2 Å². The topological polar surface area (TPSA) is 43.8 Å². The van der Waals surface area contributed by atoms with E-state index in [1.807, 2.05) is 47.4 Å². The van der Waals surface area contributed by atoms with Crippen molar-refractivity contribution in [2.24, 2.45) is 0 Å². The zero-order chi connectivity index (χ0) is 22.1. The number of carbonyl (C=O) groups is 1. The van der Waals surface area contributed by atoms with E-state index in [1.54, 1.807) is 6.07 Å². The summed E-state index contributed by atoms with van der Waals surface area (Å²) in [5.41, 5.74) is 1.61. The van der Waals surface area contributed by atoms with Crippen molar-refractivity contribution in [3.05, 3.63) is 77.6 Å². The molecule has 166 valence electrons. The minimum atomic E-state index is -0.203. The third-order valence-corrected chi connectivity index (χ3v) is 7.33. The molecule has 1 spiro atoms. The van der Waals surface area contributed by atoms with Gasteiger partial charge in [-0.1, -0.05) is 36.4 Å². The molecule has 2 aliphatic heterocycles. The molecule has 5 rings (SSSR count). The normalized spacial score (nSPS) is 21.8. The van der Waals surface area contributed by atoms with Gasteiger partial charge in [0, 0.05) is 25.2 Å². The van der Waals surface area contributed by atoms with Gasteiger partial charge in [0.2, 0.25) is 0 Å². The van der Waals surface area contributed by atoms with Gasteiger partial charge in [-0.3, -0.25) is 9.69 Å². The largest absolute Gasteiger partial charge is 0.507 e. The van der Waals surface area contributed by atoms with Crippen LogP contribution in [0, 0.1) is 5.82 Å². The summed E-state index contributed by atoms with van der Waals surface area (Å²) in [5, 5.41) is 12.4. The van der Waals surface area contributed by atoms with Crippen molar-refractivity contribution in [3.8, 4) is 5.75 Å². The van der Waals surface area contributed by atoms with E-state index in [2.05, 4.69) is 4.90 Å². The third kappa shape index (κ3) is 3.97. The van der Waals surface area contributed by atoms with E-state index in [4.69, 9.17) is 0 Å². The second kappa shape index (κ2) is 8.55. The highest BCUT2D eigenvalue weighted by molar-refractivity contribution is 6.01. The van der Waals surface area contributed by atoms with Crippen molar-refractivity contribution >= 4 is 16.7 Å². The average Bonchev–Trinajstić information content (AvgIpc) is 3.04.